The van der Waals surface area contributed by atoms with Crippen LogP contribution in [0.25, 0.3) is 10.8 Å². The number of hydrogen-bond donors (Lipinski definition) is 3. The van der Waals surface area contributed by atoms with Crippen LogP contribution in [0.2, 0.25) is 0 Å². The van der Waals surface area contributed by atoms with Crippen molar-refractivity contribution in [2.24, 2.45) is 24.1 Å². The highest BCUT2D eigenvalue weighted by Gasteiger charge is 2.56. The van der Waals surface area contributed by atoms with Gasteiger partial charge in [-0.3, -0.25) is 34.0 Å². The first-order chi connectivity index (χ1) is 27.5. The van der Waals surface area contributed by atoms with Gasteiger partial charge in [0.25, 0.3) is 11.5 Å². The number of fused-ring (bicyclic) bond motifs is 1. The highest BCUT2D eigenvalue weighted by atomic mass is 16.2. The fraction of sp³-hybridized carbons (Fsp3) is 0.500. The van der Waals surface area contributed by atoms with E-state index >= 15 is 0 Å². The number of pyridine rings is 1. The second kappa shape index (κ2) is 14.6. The Morgan fingerprint density at radius 1 is 1.00 bits per heavy atom. The summed E-state index contributed by atoms with van der Waals surface area (Å²) in [5.74, 6) is 0.336. The third-order valence-corrected chi connectivity index (χ3v) is 12.7. The molecule has 4 aromatic rings. The number of anilines is 4. The predicted octanol–water partition coefficient (Wildman–Crippen LogP) is 1.76. The molecule has 4 amide bonds. The number of piperidine rings is 3. The minimum Gasteiger partial charge on any atom is -0.371 e. The van der Waals surface area contributed by atoms with Crippen LogP contribution in [0.1, 0.15) is 61.5 Å². The number of primary amides is 1. The summed E-state index contributed by atoms with van der Waals surface area (Å²) in [4.78, 5) is 81.7. The Labute approximate surface area is 329 Å². The lowest BCUT2D eigenvalue weighted by atomic mass is 9.77. The van der Waals surface area contributed by atoms with Crippen molar-refractivity contribution in [1.82, 2.24) is 39.4 Å². The van der Waals surface area contributed by atoms with Gasteiger partial charge in [-0.05, 0) is 74.1 Å². The standard InChI is InChI=1S/C40H48N12O5/c1-47-21-27(18-43-47)44-36-34(35(41)54)42-19-32(45-36)50-12-2-3-29(22-50)51-16-11-40(39(51)57)23-48(24-40)20-25-8-13-49(14-9-25)28-4-5-30-26(17-28)10-15-52(38(30)56)31-6-7-33(53)46-37(31)55/h4-5,10,15,17-19,21,25,29,31H,2-3,6-9,11-14,16,20,22-24H2,1H3,(H2,41,54)(H,44,45)(H,46,53,55)/t29-,31?/m1/s1. The van der Waals surface area contributed by atoms with Crippen LogP contribution in [0.3, 0.4) is 0 Å². The minimum absolute atomic E-state index is 0.0571. The Balaban J connectivity index is 0.773. The van der Waals surface area contributed by atoms with Crippen molar-refractivity contribution in [3.05, 3.63) is 65.1 Å². The zero-order valence-corrected chi connectivity index (χ0v) is 32.1. The monoisotopic (exact) mass is 776 g/mol. The average Bonchev–Trinajstić information content (AvgIpc) is 3.77. The molecule has 1 unspecified atom stereocenters. The van der Waals surface area contributed by atoms with Gasteiger partial charge >= 0.3 is 0 Å². The molecular weight excluding hydrogens is 729 g/mol. The number of imide groups is 1. The lowest BCUT2D eigenvalue weighted by Crippen LogP contribution is -2.62. The van der Waals surface area contributed by atoms with E-state index in [1.54, 1.807) is 36.5 Å². The summed E-state index contributed by atoms with van der Waals surface area (Å²) in [6.07, 6.45) is 12.0. The van der Waals surface area contributed by atoms with E-state index in [0.717, 1.165) is 89.0 Å². The first-order valence-corrected chi connectivity index (χ1v) is 20.0. The van der Waals surface area contributed by atoms with Gasteiger partial charge in [-0.25, -0.2) is 9.97 Å². The maximum Gasteiger partial charge on any atom is 0.271 e. The van der Waals surface area contributed by atoms with E-state index in [2.05, 4.69) is 46.4 Å². The third-order valence-electron chi connectivity index (χ3n) is 12.7. The van der Waals surface area contributed by atoms with Gasteiger partial charge in [0.05, 0.1) is 23.5 Å². The predicted molar refractivity (Wildman–Crippen MR) is 212 cm³/mol. The summed E-state index contributed by atoms with van der Waals surface area (Å²) in [6, 6.07) is 7.18. The van der Waals surface area contributed by atoms with Gasteiger partial charge in [0.1, 0.15) is 11.9 Å². The number of benzene rings is 1. The topological polar surface area (TPSA) is 197 Å². The van der Waals surface area contributed by atoms with E-state index in [0.29, 0.717) is 35.8 Å². The average molecular weight is 777 g/mol. The first kappa shape index (κ1) is 36.8. The molecule has 5 aliphatic rings. The van der Waals surface area contributed by atoms with Crippen LogP contribution >= 0.6 is 0 Å². The maximum absolute atomic E-state index is 14.0. The molecule has 298 valence electrons. The fourth-order valence-electron chi connectivity index (χ4n) is 9.65. The third kappa shape index (κ3) is 6.97. The molecular formula is C40H48N12O5. The Morgan fingerprint density at radius 3 is 2.58 bits per heavy atom. The molecule has 0 bridgehead atoms. The number of amides is 4. The van der Waals surface area contributed by atoms with Gasteiger partial charge in [-0.2, -0.15) is 5.10 Å². The van der Waals surface area contributed by atoms with Crippen molar-refractivity contribution in [3.8, 4) is 0 Å². The molecule has 1 spiro atoms. The Hall–Kier alpha value is -5.84. The van der Waals surface area contributed by atoms with Crippen molar-refractivity contribution < 1.29 is 19.2 Å². The van der Waals surface area contributed by atoms with Crippen molar-refractivity contribution in [3.63, 3.8) is 0 Å². The summed E-state index contributed by atoms with van der Waals surface area (Å²) < 4.78 is 3.09. The van der Waals surface area contributed by atoms with E-state index < -0.39 is 17.9 Å². The first-order valence-electron chi connectivity index (χ1n) is 20.0. The number of carbonyl (C=O) groups excluding carboxylic acids is 4. The van der Waals surface area contributed by atoms with Gasteiger partial charge in [0, 0.05) is 95.3 Å². The second-order valence-electron chi connectivity index (χ2n) is 16.5. The largest absolute Gasteiger partial charge is 0.371 e. The van der Waals surface area contributed by atoms with Gasteiger partial charge < -0.3 is 35.2 Å². The molecule has 17 nitrogen and oxygen atoms in total. The highest BCUT2D eigenvalue weighted by molar-refractivity contribution is 5.99. The van der Waals surface area contributed by atoms with Crippen molar-refractivity contribution in [2.45, 2.75) is 57.0 Å². The lowest BCUT2D eigenvalue weighted by molar-refractivity contribution is -0.147. The number of aryl methyl sites for hydroxylation is 1. The second-order valence-corrected chi connectivity index (χ2v) is 16.5. The summed E-state index contributed by atoms with van der Waals surface area (Å²) in [5.41, 5.74) is 6.90. The number of carbonyl (C=O) groups is 4. The Morgan fingerprint density at radius 2 is 1.82 bits per heavy atom. The molecule has 3 aromatic heterocycles. The smallest absolute Gasteiger partial charge is 0.271 e. The van der Waals surface area contributed by atoms with E-state index in [1.165, 1.54) is 4.57 Å². The Kier molecular flexibility index (Phi) is 9.41. The van der Waals surface area contributed by atoms with Crippen molar-refractivity contribution >= 4 is 57.4 Å². The summed E-state index contributed by atoms with van der Waals surface area (Å²) in [5, 5.41) is 11.0. The summed E-state index contributed by atoms with van der Waals surface area (Å²) >= 11 is 0. The van der Waals surface area contributed by atoms with Gasteiger partial charge in [-0.1, -0.05) is 0 Å². The highest BCUT2D eigenvalue weighted by Crippen LogP contribution is 2.43. The number of likely N-dealkylation sites (tertiary alicyclic amines) is 2. The fourth-order valence-corrected chi connectivity index (χ4v) is 9.65. The number of nitrogens with two attached hydrogens (primary N) is 1. The minimum atomic E-state index is -0.679. The van der Waals surface area contributed by atoms with Crippen LogP contribution < -0.4 is 31.7 Å². The van der Waals surface area contributed by atoms with Gasteiger partial charge in [0.15, 0.2) is 11.5 Å². The number of hydrogen-bond acceptors (Lipinski definition) is 12. The van der Waals surface area contributed by atoms with E-state index in [1.807, 2.05) is 18.2 Å². The number of rotatable bonds is 9. The molecule has 8 heterocycles. The molecule has 5 aliphatic heterocycles. The zero-order chi connectivity index (χ0) is 39.4. The number of aromatic nitrogens is 5. The van der Waals surface area contributed by atoms with E-state index in [-0.39, 0.29) is 46.8 Å². The molecule has 2 atom stereocenters. The Bertz CT molecular complexity index is 2310. The summed E-state index contributed by atoms with van der Waals surface area (Å²) in [7, 11) is 1.80. The van der Waals surface area contributed by atoms with Crippen LogP contribution in [0.5, 0.6) is 0 Å². The molecule has 0 radical (unpaired) electrons. The summed E-state index contributed by atoms with van der Waals surface area (Å²) in [6.45, 7) is 6.65. The molecule has 0 saturated carbocycles. The molecule has 9 rings (SSSR count). The normalized spacial score (nSPS) is 23.0. The molecule has 1 aromatic carbocycles. The molecule has 57 heavy (non-hydrogen) atoms. The van der Waals surface area contributed by atoms with Gasteiger partial charge in [-0.15, -0.1) is 0 Å². The van der Waals surface area contributed by atoms with Crippen LogP contribution in [-0.4, -0.2) is 116 Å². The molecule has 5 saturated heterocycles. The van der Waals surface area contributed by atoms with Crippen molar-refractivity contribution in [2.75, 3.05) is 67.5 Å². The van der Waals surface area contributed by atoms with Crippen LogP contribution in [0.4, 0.5) is 23.0 Å². The van der Waals surface area contributed by atoms with E-state index in [9.17, 15) is 24.0 Å². The molecule has 0 aliphatic carbocycles. The number of nitrogens with one attached hydrogen (secondary N) is 2. The van der Waals surface area contributed by atoms with Crippen LogP contribution in [-0.2, 0) is 21.4 Å². The zero-order valence-electron chi connectivity index (χ0n) is 32.1. The quantitative estimate of drug-likeness (QED) is 0.209. The van der Waals surface area contributed by atoms with Crippen molar-refractivity contribution in [1.29, 1.82) is 0 Å². The SMILES string of the molecule is Cn1cc(Nc2nc(N3CCC[C@@H](N4CCC5(CN(CC6CCN(c7ccc8c(=O)n(C9CCC(=O)NC9=O)ccc8c7)CC6)C5)C4=O)C3)cnc2C(N)=O)cn1. The molecule has 17 heteroatoms. The van der Waals surface area contributed by atoms with Crippen LogP contribution in [0, 0.1) is 11.3 Å². The van der Waals surface area contributed by atoms with Gasteiger partial charge in [0.2, 0.25) is 17.7 Å². The molecule has 4 N–H and O–H groups in total. The number of nitrogens with zero attached hydrogens (tertiary/aromatic N) is 9. The maximum atomic E-state index is 14.0. The lowest BCUT2D eigenvalue weighted by Gasteiger charge is -2.49. The van der Waals surface area contributed by atoms with Crippen LogP contribution in [0.15, 0.2) is 53.8 Å². The molecule has 5 fully saturated rings. The van der Waals surface area contributed by atoms with E-state index in [4.69, 9.17) is 10.7 Å².